The minimum atomic E-state index is -0.315. The van der Waals surface area contributed by atoms with Crippen LogP contribution in [-0.4, -0.2) is 15.2 Å². The van der Waals surface area contributed by atoms with Crippen molar-refractivity contribution in [1.82, 2.24) is 15.2 Å². The summed E-state index contributed by atoms with van der Waals surface area (Å²) in [4.78, 5) is 6.67. The fourth-order valence-electron chi connectivity index (χ4n) is 1.71. The minimum absolute atomic E-state index is 0.0671. The molecule has 0 saturated carbocycles. The van der Waals surface area contributed by atoms with E-state index in [0.29, 0.717) is 21.6 Å². The van der Waals surface area contributed by atoms with E-state index in [0.717, 1.165) is 0 Å². The molecule has 3 aromatic rings. The maximum Gasteiger partial charge on any atom is 0.145 e. The molecule has 0 bridgehead atoms. The number of nitrogens with zero attached hydrogens (tertiary/aromatic N) is 3. The number of rotatable bonds is 3. The molecule has 96 valence electrons. The van der Waals surface area contributed by atoms with Crippen LogP contribution in [0.5, 0.6) is 0 Å². The van der Waals surface area contributed by atoms with Crippen LogP contribution in [0.2, 0.25) is 5.02 Å². The highest BCUT2D eigenvalue weighted by molar-refractivity contribution is 6.31. The van der Waals surface area contributed by atoms with E-state index in [1.807, 2.05) is 0 Å². The van der Waals surface area contributed by atoms with Crippen molar-refractivity contribution >= 4 is 22.6 Å². The molecule has 1 heterocycles. The lowest BCUT2D eigenvalue weighted by Gasteiger charge is -2.06. The van der Waals surface area contributed by atoms with E-state index >= 15 is 0 Å². The molecular formula is C13H9ClFN3O. The van der Waals surface area contributed by atoms with E-state index in [2.05, 4.69) is 10.3 Å². The first kappa shape index (κ1) is 11.9. The number of hydrogen-bond acceptors (Lipinski definition) is 3. The average Bonchev–Trinajstić information content (AvgIpc) is 2.80. The average molecular weight is 278 g/mol. The van der Waals surface area contributed by atoms with Gasteiger partial charge in [0.15, 0.2) is 0 Å². The monoisotopic (exact) mass is 277 g/mol. The van der Waals surface area contributed by atoms with Crippen molar-refractivity contribution in [3.8, 4) is 0 Å². The van der Waals surface area contributed by atoms with Crippen molar-refractivity contribution in [2.75, 3.05) is 0 Å². The van der Waals surface area contributed by atoms with E-state index in [4.69, 9.17) is 16.4 Å². The highest BCUT2D eigenvalue weighted by atomic mass is 35.5. The molecule has 4 nitrogen and oxygen atoms in total. The van der Waals surface area contributed by atoms with E-state index in [1.165, 1.54) is 10.9 Å². The zero-order chi connectivity index (χ0) is 13.2. The SMILES string of the molecule is Fc1ccccc1COn1nnc2ccc(Cl)cc21. The topological polar surface area (TPSA) is 39.9 Å². The largest absolute Gasteiger partial charge is 0.390 e. The molecule has 0 unspecified atom stereocenters. The van der Waals surface area contributed by atoms with Gasteiger partial charge in [0.2, 0.25) is 0 Å². The molecule has 0 saturated heterocycles. The second kappa shape index (κ2) is 4.85. The van der Waals surface area contributed by atoms with Crippen LogP contribution < -0.4 is 4.84 Å². The Hall–Kier alpha value is -2.14. The Balaban J connectivity index is 1.86. The highest BCUT2D eigenvalue weighted by Crippen LogP contribution is 2.16. The van der Waals surface area contributed by atoms with Crippen LogP contribution in [0.15, 0.2) is 42.5 Å². The first-order chi connectivity index (χ1) is 9.24. The fourth-order valence-corrected chi connectivity index (χ4v) is 1.88. The number of hydrogen-bond donors (Lipinski definition) is 0. The molecule has 0 atom stereocenters. The summed E-state index contributed by atoms with van der Waals surface area (Å²) in [5, 5.41) is 8.34. The van der Waals surface area contributed by atoms with E-state index in [9.17, 15) is 4.39 Å². The summed E-state index contributed by atoms with van der Waals surface area (Å²) in [5.41, 5.74) is 1.76. The number of fused-ring (bicyclic) bond motifs is 1. The lowest BCUT2D eigenvalue weighted by atomic mass is 10.2. The number of halogens is 2. The molecule has 1 aromatic heterocycles. The van der Waals surface area contributed by atoms with E-state index < -0.39 is 0 Å². The van der Waals surface area contributed by atoms with Crippen molar-refractivity contribution in [1.29, 1.82) is 0 Å². The third kappa shape index (κ3) is 2.37. The van der Waals surface area contributed by atoms with Gasteiger partial charge in [0, 0.05) is 10.6 Å². The van der Waals surface area contributed by atoms with Crippen LogP contribution in [0, 0.1) is 5.82 Å². The number of aromatic nitrogens is 3. The Kier molecular flexibility index (Phi) is 3.05. The normalized spacial score (nSPS) is 10.8. The van der Waals surface area contributed by atoms with Gasteiger partial charge in [-0.2, -0.15) is 0 Å². The van der Waals surface area contributed by atoms with Crippen LogP contribution in [0.1, 0.15) is 5.56 Å². The maximum atomic E-state index is 13.4. The fraction of sp³-hybridized carbons (Fsp3) is 0.0769. The van der Waals surface area contributed by atoms with E-state index in [-0.39, 0.29) is 12.4 Å². The van der Waals surface area contributed by atoms with Gasteiger partial charge in [-0.25, -0.2) is 4.39 Å². The van der Waals surface area contributed by atoms with Gasteiger partial charge in [0.05, 0.1) is 0 Å². The molecule has 0 radical (unpaired) electrons. The van der Waals surface area contributed by atoms with Crippen molar-refractivity contribution in [2.45, 2.75) is 6.61 Å². The standard InChI is InChI=1S/C13H9ClFN3O/c14-10-5-6-12-13(7-10)18(17-16-12)19-8-9-3-1-2-4-11(9)15/h1-7H,8H2. The molecule has 3 rings (SSSR count). The summed E-state index contributed by atoms with van der Waals surface area (Å²) in [6, 6.07) is 11.6. The molecule has 0 N–H and O–H groups in total. The van der Waals surface area contributed by atoms with Crippen LogP contribution >= 0.6 is 11.6 Å². The lowest BCUT2D eigenvalue weighted by Crippen LogP contribution is -2.13. The lowest BCUT2D eigenvalue weighted by molar-refractivity contribution is 0.0734. The van der Waals surface area contributed by atoms with Crippen molar-refractivity contribution < 1.29 is 9.23 Å². The quantitative estimate of drug-likeness (QED) is 0.739. The second-order valence-corrected chi connectivity index (χ2v) is 4.40. The summed E-state index contributed by atoms with van der Waals surface area (Å²) in [6.45, 7) is 0.0671. The summed E-state index contributed by atoms with van der Waals surface area (Å²) in [6.07, 6.45) is 0. The molecule has 0 aliphatic heterocycles. The van der Waals surface area contributed by atoms with Crippen LogP contribution in [-0.2, 0) is 6.61 Å². The van der Waals surface area contributed by atoms with Crippen LogP contribution in [0.3, 0.4) is 0 Å². The summed E-state index contributed by atoms with van der Waals surface area (Å²) in [5.74, 6) is -0.315. The molecule has 2 aromatic carbocycles. The van der Waals surface area contributed by atoms with Crippen molar-refractivity contribution in [3.63, 3.8) is 0 Å². The first-order valence-electron chi connectivity index (χ1n) is 5.62. The van der Waals surface area contributed by atoms with Gasteiger partial charge in [-0.05, 0) is 29.5 Å². The predicted octanol–water partition coefficient (Wildman–Crippen LogP) is 2.85. The smallest absolute Gasteiger partial charge is 0.145 e. The van der Waals surface area contributed by atoms with Crippen LogP contribution in [0.25, 0.3) is 11.0 Å². The van der Waals surface area contributed by atoms with Gasteiger partial charge >= 0.3 is 0 Å². The third-order valence-corrected chi connectivity index (χ3v) is 2.91. The molecule has 0 spiro atoms. The summed E-state index contributed by atoms with van der Waals surface area (Å²) < 4.78 is 13.4. The van der Waals surface area contributed by atoms with Crippen molar-refractivity contribution in [3.05, 3.63) is 58.9 Å². The Labute approximate surface area is 113 Å². The maximum absolute atomic E-state index is 13.4. The summed E-state index contributed by atoms with van der Waals surface area (Å²) >= 11 is 5.91. The Morgan fingerprint density at radius 2 is 2.05 bits per heavy atom. The molecular weight excluding hydrogens is 269 g/mol. The minimum Gasteiger partial charge on any atom is -0.390 e. The third-order valence-electron chi connectivity index (χ3n) is 2.68. The van der Waals surface area contributed by atoms with Gasteiger partial charge in [-0.1, -0.05) is 34.6 Å². The molecule has 0 fully saturated rings. The molecule has 0 aliphatic carbocycles. The molecule has 0 amide bonds. The van der Waals surface area contributed by atoms with Gasteiger partial charge in [0.25, 0.3) is 0 Å². The first-order valence-corrected chi connectivity index (χ1v) is 5.99. The Morgan fingerprint density at radius 1 is 1.21 bits per heavy atom. The van der Waals surface area contributed by atoms with Crippen molar-refractivity contribution in [2.24, 2.45) is 0 Å². The molecule has 0 aliphatic rings. The predicted molar refractivity (Wildman–Crippen MR) is 69.2 cm³/mol. The van der Waals surface area contributed by atoms with Gasteiger partial charge < -0.3 is 4.84 Å². The zero-order valence-electron chi connectivity index (χ0n) is 9.75. The van der Waals surface area contributed by atoms with Gasteiger partial charge in [0.1, 0.15) is 23.5 Å². The highest BCUT2D eigenvalue weighted by Gasteiger charge is 2.07. The Morgan fingerprint density at radius 3 is 2.89 bits per heavy atom. The van der Waals surface area contributed by atoms with E-state index in [1.54, 1.807) is 36.4 Å². The second-order valence-electron chi connectivity index (χ2n) is 3.96. The Bertz CT molecular complexity index is 729. The van der Waals surface area contributed by atoms with Gasteiger partial charge in [-0.15, -0.1) is 5.10 Å². The van der Waals surface area contributed by atoms with Crippen LogP contribution in [0.4, 0.5) is 4.39 Å². The number of benzene rings is 2. The molecule has 19 heavy (non-hydrogen) atoms. The van der Waals surface area contributed by atoms with Gasteiger partial charge in [-0.3, -0.25) is 0 Å². The zero-order valence-corrected chi connectivity index (χ0v) is 10.5. The summed E-state index contributed by atoms with van der Waals surface area (Å²) in [7, 11) is 0. The molecule has 6 heteroatoms.